The summed E-state index contributed by atoms with van der Waals surface area (Å²) in [6, 6.07) is 6.99. The summed E-state index contributed by atoms with van der Waals surface area (Å²) in [6.07, 6.45) is 0.656. The molecular weight excluding hydrogens is 248 g/mol. The molecule has 0 fully saturated rings. The molecule has 0 aliphatic carbocycles. The molecule has 1 atom stereocenters. The molecule has 7 nitrogen and oxygen atoms in total. The summed E-state index contributed by atoms with van der Waals surface area (Å²) in [5.41, 5.74) is 0. The second-order valence-corrected chi connectivity index (χ2v) is 3.76. The van der Waals surface area contributed by atoms with Gasteiger partial charge in [0, 0.05) is 0 Å². The quantitative estimate of drug-likeness (QED) is 0.845. The van der Waals surface area contributed by atoms with Crippen LogP contribution in [0.15, 0.2) is 30.6 Å². The predicted octanol–water partition coefficient (Wildman–Crippen LogP) is 1.22. The summed E-state index contributed by atoms with van der Waals surface area (Å²) in [7, 11) is 1.59. The van der Waals surface area contributed by atoms with Gasteiger partial charge in [0.05, 0.1) is 7.11 Å². The number of benzene rings is 1. The largest absolute Gasteiger partial charge is 0.497 e. The normalized spacial score (nSPS) is 11.7. The molecule has 0 aliphatic heterocycles. The fraction of sp³-hybridized carbons (Fsp3) is 0.250. The molecule has 2 rings (SSSR count). The van der Waals surface area contributed by atoms with E-state index in [1.807, 2.05) is 0 Å². The Bertz CT molecular complexity index is 524. The predicted molar refractivity (Wildman–Crippen MR) is 68.1 cm³/mol. The van der Waals surface area contributed by atoms with Gasteiger partial charge in [-0.15, -0.1) is 0 Å². The minimum absolute atomic E-state index is 0.287. The highest BCUT2D eigenvalue weighted by Gasteiger charge is 2.15. The Morgan fingerprint density at radius 2 is 2.00 bits per heavy atom. The van der Waals surface area contributed by atoms with Gasteiger partial charge in [0.1, 0.15) is 17.8 Å². The van der Waals surface area contributed by atoms with Crippen LogP contribution in [-0.4, -0.2) is 34.3 Å². The van der Waals surface area contributed by atoms with E-state index in [1.54, 1.807) is 38.3 Å². The topological polar surface area (TPSA) is 89.1 Å². The van der Waals surface area contributed by atoms with Crippen LogP contribution < -0.4 is 14.8 Å². The molecule has 100 valence electrons. The number of nitrogens with one attached hydrogen (secondary N) is 2. The summed E-state index contributed by atoms with van der Waals surface area (Å²) >= 11 is 0. The number of hydrogen-bond donors (Lipinski definition) is 2. The van der Waals surface area contributed by atoms with Gasteiger partial charge in [0.25, 0.3) is 5.91 Å². The number of ether oxygens (including phenoxy) is 2. The fourth-order valence-electron chi connectivity index (χ4n) is 1.40. The van der Waals surface area contributed by atoms with Crippen LogP contribution >= 0.6 is 0 Å². The van der Waals surface area contributed by atoms with Crippen LogP contribution in [0, 0.1) is 0 Å². The molecule has 1 aromatic heterocycles. The summed E-state index contributed by atoms with van der Waals surface area (Å²) in [4.78, 5) is 15.6. The Labute approximate surface area is 110 Å². The van der Waals surface area contributed by atoms with Crippen LogP contribution in [0.2, 0.25) is 0 Å². The van der Waals surface area contributed by atoms with Gasteiger partial charge in [-0.3, -0.25) is 10.1 Å². The number of carbonyl (C=O) groups is 1. The lowest BCUT2D eigenvalue weighted by Crippen LogP contribution is -2.30. The molecule has 1 amide bonds. The third-order valence-corrected chi connectivity index (χ3v) is 2.40. The van der Waals surface area contributed by atoms with Gasteiger partial charge >= 0.3 is 0 Å². The Hall–Kier alpha value is -2.57. The van der Waals surface area contributed by atoms with Crippen LogP contribution in [0.4, 0.5) is 5.95 Å². The minimum Gasteiger partial charge on any atom is -0.497 e. The van der Waals surface area contributed by atoms with Crippen molar-refractivity contribution in [1.82, 2.24) is 15.2 Å². The Morgan fingerprint density at radius 3 is 2.58 bits per heavy atom. The average Bonchev–Trinajstić information content (AvgIpc) is 2.92. The van der Waals surface area contributed by atoms with Crippen molar-refractivity contribution in [2.75, 3.05) is 12.4 Å². The second-order valence-electron chi connectivity index (χ2n) is 3.76. The SMILES string of the molecule is COc1ccc(O[C@@H](C)C(=O)Nc2ncn[nH]2)cc1. The molecule has 2 N–H and O–H groups in total. The Morgan fingerprint density at radius 1 is 1.32 bits per heavy atom. The second kappa shape index (κ2) is 5.85. The molecule has 0 aliphatic rings. The lowest BCUT2D eigenvalue weighted by Gasteiger charge is -2.13. The van der Waals surface area contributed by atoms with Gasteiger partial charge in [-0.2, -0.15) is 10.1 Å². The summed E-state index contributed by atoms with van der Waals surface area (Å²) in [5.74, 6) is 1.29. The zero-order chi connectivity index (χ0) is 13.7. The average molecular weight is 262 g/mol. The monoisotopic (exact) mass is 262 g/mol. The van der Waals surface area contributed by atoms with Gasteiger partial charge in [0.2, 0.25) is 5.95 Å². The first-order chi connectivity index (χ1) is 9.19. The van der Waals surface area contributed by atoms with Gasteiger partial charge in [-0.25, -0.2) is 5.10 Å². The van der Waals surface area contributed by atoms with Gasteiger partial charge < -0.3 is 9.47 Å². The molecule has 0 radical (unpaired) electrons. The first-order valence-corrected chi connectivity index (χ1v) is 5.66. The fourth-order valence-corrected chi connectivity index (χ4v) is 1.40. The minimum atomic E-state index is -0.654. The van der Waals surface area contributed by atoms with E-state index in [-0.39, 0.29) is 11.9 Å². The lowest BCUT2D eigenvalue weighted by atomic mass is 10.3. The zero-order valence-electron chi connectivity index (χ0n) is 10.6. The molecule has 0 saturated carbocycles. The molecule has 19 heavy (non-hydrogen) atoms. The third-order valence-electron chi connectivity index (χ3n) is 2.40. The lowest BCUT2D eigenvalue weighted by molar-refractivity contribution is -0.122. The van der Waals surface area contributed by atoms with Gasteiger partial charge in [-0.1, -0.05) is 0 Å². The van der Waals surface area contributed by atoms with Crippen molar-refractivity contribution >= 4 is 11.9 Å². The van der Waals surface area contributed by atoms with Crippen molar-refractivity contribution in [1.29, 1.82) is 0 Å². The van der Waals surface area contributed by atoms with Crippen molar-refractivity contribution in [3.05, 3.63) is 30.6 Å². The van der Waals surface area contributed by atoms with Gasteiger partial charge in [-0.05, 0) is 31.2 Å². The molecule has 7 heteroatoms. The first kappa shape index (κ1) is 12.9. The number of H-pyrrole nitrogens is 1. The maximum atomic E-state index is 11.8. The third kappa shape index (κ3) is 3.44. The Balaban J connectivity index is 1.92. The molecule has 0 spiro atoms. The number of amides is 1. The number of aromatic amines is 1. The first-order valence-electron chi connectivity index (χ1n) is 5.66. The smallest absolute Gasteiger partial charge is 0.267 e. The van der Waals surface area contributed by atoms with Crippen LogP contribution in [0.1, 0.15) is 6.92 Å². The highest BCUT2D eigenvalue weighted by atomic mass is 16.5. The van der Waals surface area contributed by atoms with E-state index in [2.05, 4.69) is 20.5 Å². The summed E-state index contributed by atoms with van der Waals surface area (Å²) < 4.78 is 10.5. The molecule has 0 bridgehead atoms. The number of nitrogens with zero attached hydrogens (tertiary/aromatic N) is 2. The number of rotatable bonds is 5. The molecule has 0 saturated heterocycles. The zero-order valence-corrected chi connectivity index (χ0v) is 10.6. The number of carbonyl (C=O) groups excluding carboxylic acids is 1. The summed E-state index contributed by atoms with van der Waals surface area (Å²) in [6.45, 7) is 1.65. The van der Waals surface area contributed by atoms with Crippen molar-refractivity contribution in [3.8, 4) is 11.5 Å². The van der Waals surface area contributed by atoms with E-state index in [0.717, 1.165) is 5.75 Å². The number of hydrogen-bond acceptors (Lipinski definition) is 5. The van der Waals surface area contributed by atoms with Crippen molar-refractivity contribution in [2.24, 2.45) is 0 Å². The van der Waals surface area contributed by atoms with E-state index in [9.17, 15) is 4.79 Å². The number of aromatic nitrogens is 3. The van der Waals surface area contributed by atoms with E-state index < -0.39 is 6.10 Å². The van der Waals surface area contributed by atoms with Crippen molar-refractivity contribution < 1.29 is 14.3 Å². The van der Waals surface area contributed by atoms with E-state index in [0.29, 0.717) is 5.75 Å². The van der Waals surface area contributed by atoms with E-state index >= 15 is 0 Å². The molecule has 1 aromatic carbocycles. The standard InChI is InChI=1S/C12H14N4O3/c1-8(11(17)15-12-13-7-14-16-12)19-10-5-3-9(18-2)4-6-10/h3-8H,1-2H3,(H2,13,14,15,16,17)/t8-/m0/s1. The highest BCUT2D eigenvalue weighted by molar-refractivity contribution is 5.92. The molecular formula is C12H14N4O3. The van der Waals surface area contributed by atoms with Crippen LogP contribution in [0.3, 0.4) is 0 Å². The maximum Gasteiger partial charge on any atom is 0.267 e. The molecule has 2 aromatic rings. The van der Waals surface area contributed by atoms with Crippen molar-refractivity contribution in [2.45, 2.75) is 13.0 Å². The van der Waals surface area contributed by atoms with Crippen LogP contribution in [0.25, 0.3) is 0 Å². The number of methoxy groups -OCH3 is 1. The maximum absolute atomic E-state index is 11.8. The number of anilines is 1. The van der Waals surface area contributed by atoms with Crippen molar-refractivity contribution in [3.63, 3.8) is 0 Å². The van der Waals surface area contributed by atoms with Crippen LogP contribution in [0.5, 0.6) is 11.5 Å². The molecule has 0 unspecified atom stereocenters. The Kier molecular flexibility index (Phi) is 3.97. The summed E-state index contributed by atoms with van der Waals surface area (Å²) in [5, 5.41) is 8.72. The highest BCUT2D eigenvalue weighted by Crippen LogP contribution is 2.18. The van der Waals surface area contributed by atoms with E-state index in [4.69, 9.17) is 9.47 Å². The molecule has 1 heterocycles. The van der Waals surface area contributed by atoms with E-state index in [1.165, 1.54) is 6.33 Å². The van der Waals surface area contributed by atoms with Crippen LogP contribution in [-0.2, 0) is 4.79 Å². The van der Waals surface area contributed by atoms with Gasteiger partial charge in [0.15, 0.2) is 6.10 Å².